The minimum atomic E-state index is 0.203. The highest BCUT2D eigenvalue weighted by Gasteiger charge is 2.26. The molecule has 0 radical (unpaired) electrons. The van der Waals surface area contributed by atoms with Gasteiger partial charge in [0.05, 0.1) is 0 Å². The first-order chi connectivity index (χ1) is 8.72. The number of aromatic nitrogens is 2. The molecule has 1 heterocycles. The number of hydrogen-bond donors (Lipinski definition) is 2. The molecule has 0 amide bonds. The van der Waals surface area contributed by atoms with E-state index >= 15 is 0 Å². The van der Waals surface area contributed by atoms with Crippen LogP contribution in [0, 0.1) is 0 Å². The summed E-state index contributed by atoms with van der Waals surface area (Å²) in [4.78, 5) is 8.56. The van der Waals surface area contributed by atoms with E-state index in [9.17, 15) is 0 Å². The lowest BCUT2D eigenvalue weighted by Gasteiger charge is -2.35. The molecule has 2 N–H and O–H groups in total. The molecule has 0 spiro atoms. The molecular weight excluding hydrogens is 224 g/mol. The zero-order valence-electron chi connectivity index (χ0n) is 11.5. The quantitative estimate of drug-likeness (QED) is 0.838. The Hall–Kier alpha value is -1.32. The Morgan fingerprint density at radius 2 is 1.89 bits per heavy atom. The third-order valence-corrected chi connectivity index (χ3v) is 3.61. The van der Waals surface area contributed by atoms with Gasteiger partial charge in [0.1, 0.15) is 18.0 Å². The van der Waals surface area contributed by atoms with Gasteiger partial charge in [0.15, 0.2) is 0 Å². The normalized spacial score (nSPS) is 18.3. The molecule has 1 fully saturated rings. The molecule has 0 unspecified atom stereocenters. The third kappa shape index (κ3) is 3.59. The summed E-state index contributed by atoms with van der Waals surface area (Å²) in [5.41, 5.74) is 0.203. The van der Waals surface area contributed by atoms with Crippen molar-refractivity contribution < 1.29 is 0 Å². The van der Waals surface area contributed by atoms with Gasteiger partial charge in [0.25, 0.3) is 0 Å². The van der Waals surface area contributed by atoms with E-state index in [1.54, 1.807) is 6.33 Å². The summed E-state index contributed by atoms with van der Waals surface area (Å²) in [5, 5.41) is 6.88. The lowest BCUT2D eigenvalue weighted by Crippen LogP contribution is -2.37. The summed E-state index contributed by atoms with van der Waals surface area (Å²) in [7, 11) is 0. The molecule has 4 nitrogen and oxygen atoms in total. The topological polar surface area (TPSA) is 49.8 Å². The summed E-state index contributed by atoms with van der Waals surface area (Å²) in [6.45, 7) is 5.40. The Kier molecular flexibility index (Phi) is 4.39. The molecule has 0 atom stereocenters. The van der Waals surface area contributed by atoms with Crippen LogP contribution in [0.4, 0.5) is 11.6 Å². The molecule has 1 aliphatic carbocycles. The van der Waals surface area contributed by atoms with Crippen LogP contribution < -0.4 is 10.6 Å². The Morgan fingerprint density at radius 1 is 1.17 bits per heavy atom. The zero-order valence-corrected chi connectivity index (χ0v) is 11.5. The van der Waals surface area contributed by atoms with E-state index in [1.807, 2.05) is 6.07 Å². The van der Waals surface area contributed by atoms with Gasteiger partial charge in [-0.25, -0.2) is 9.97 Å². The number of nitrogens with zero attached hydrogens (tertiary/aromatic N) is 2. The van der Waals surface area contributed by atoms with E-state index in [4.69, 9.17) is 0 Å². The molecule has 100 valence electrons. The van der Waals surface area contributed by atoms with E-state index in [2.05, 4.69) is 34.4 Å². The van der Waals surface area contributed by atoms with Crippen LogP contribution in [0.3, 0.4) is 0 Å². The van der Waals surface area contributed by atoms with Crippen molar-refractivity contribution in [3.05, 3.63) is 12.4 Å². The van der Waals surface area contributed by atoms with Crippen LogP contribution in [0.1, 0.15) is 52.4 Å². The van der Waals surface area contributed by atoms with Crippen molar-refractivity contribution in [1.82, 2.24) is 9.97 Å². The Labute approximate surface area is 110 Å². The minimum Gasteiger partial charge on any atom is -0.370 e. The van der Waals surface area contributed by atoms with Crippen LogP contribution >= 0.6 is 0 Å². The summed E-state index contributed by atoms with van der Waals surface area (Å²) < 4.78 is 0. The van der Waals surface area contributed by atoms with Gasteiger partial charge in [-0.05, 0) is 26.2 Å². The standard InChI is InChI=1S/C14H24N4/c1-3-9-15-12-10-13(17-11-16-12)18-14(2)7-5-4-6-8-14/h10-11H,3-9H2,1-2H3,(H2,15,16,17,18). The lowest BCUT2D eigenvalue weighted by atomic mass is 9.83. The SMILES string of the molecule is CCCNc1cc(NC2(C)CCCCC2)ncn1. The fourth-order valence-electron chi connectivity index (χ4n) is 2.54. The van der Waals surface area contributed by atoms with Crippen molar-refractivity contribution in [1.29, 1.82) is 0 Å². The number of nitrogens with one attached hydrogen (secondary N) is 2. The van der Waals surface area contributed by atoms with Crippen molar-refractivity contribution in [3.8, 4) is 0 Å². The first kappa shape index (κ1) is 13.1. The van der Waals surface area contributed by atoms with Gasteiger partial charge < -0.3 is 10.6 Å². The van der Waals surface area contributed by atoms with Gasteiger partial charge in [-0.1, -0.05) is 26.2 Å². The summed E-state index contributed by atoms with van der Waals surface area (Å²) in [5.74, 6) is 1.85. The molecular formula is C14H24N4. The van der Waals surface area contributed by atoms with E-state index in [1.165, 1.54) is 32.1 Å². The first-order valence-electron chi connectivity index (χ1n) is 7.06. The average Bonchev–Trinajstić information content (AvgIpc) is 2.37. The van der Waals surface area contributed by atoms with Gasteiger partial charge in [0, 0.05) is 18.2 Å². The average molecular weight is 248 g/mol. The van der Waals surface area contributed by atoms with E-state index < -0.39 is 0 Å². The van der Waals surface area contributed by atoms with Crippen molar-refractivity contribution in [2.45, 2.75) is 57.9 Å². The molecule has 0 aliphatic heterocycles. The van der Waals surface area contributed by atoms with E-state index in [0.717, 1.165) is 24.6 Å². The van der Waals surface area contributed by atoms with Gasteiger partial charge >= 0.3 is 0 Å². The van der Waals surface area contributed by atoms with Crippen molar-refractivity contribution in [3.63, 3.8) is 0 Å². The van der Waals surface area contributed by atoms with Crippen LogP contribution in [-0.4, -0.2) is 22.1 Å². The lowest BCUT2D eigenvalue weighted by molar-refractivity contribution is 0.348. The summed E-state index contributed by atoms with van der Waals surface area (Å²) in [6.07, 6.45) is 9.19. The molecule has 1 aliphatic rings. The van der Waals surface area contributed by atoms with Crippen LogP contribution in [0.2, 0.25) is 0 Å². The molecule has 4 heteroatoms. The maximum Gasteiger partial charge on any atom is 0.131 e. The predicted octanol–water partition coefficient (Wildman–Crippen LogP) is 3.43. The van der Waals surface area contributed by atoms with Crippen LogP contribution in [0.5, 0.6) is 0 Å². The van der Waals surface area contributed by atoms with Gasteiger partial charge in [0.2, 0.25) is 0 Å². The molecule has 0 saturated heterocycles. The zero-order chi connectivity index (χ0) is 12.8. The van der Waals surface area contributed by atoms with E-state index in [-0.39, 0.29) is 5.54 Å². The molecule has 0 bridgehead atoms. The Balaban J connectivity index is 1.99. The number of hydrogen-bond acceptors (Lipinski definition) is 4. The van der Waals surface area contributed by atoms with Crippen LogP contribution in [0.25, 0.3) is 0 Å². The van der Waals surface area contributed by atoms with E-state index in [0.29, 0.717) is 0 Å². The first-order valence-corrected chi connectivity index (χ1v) is 7.06. The van der Waals surface area contributed by atoms with Gasteiger partial charge in [-0.15, -0.1) is 0 Å². The molecule has 2 rings (SSSR count). The third-order valence-electron chi connectivity index (χ3n) is 3.61. The monoisotopic (exact) mass is 248 g/mol. The van der Waals surface area contributed by atoms with Gasteiger partial charge in [-0.2, -0.15) is 0 Å². The molecule has 18 heavy (non-hydrogen) atoms. The van der Waals surface area contributed by atoms with Crippen molar-refractivity contribution in [2.75, 3.05) is 17.2 Å². The van der Waals surface area contributed by atoms with Crippen molar-refractivity contribution in [2.24, 2.45) is 0 Å². The second-order valence-electron chi connectivity index (χ2n) is 5.46. The Bertz CT molecular complexity index is 372. The second-order valence-corrected chi connectivity index (χ2v) is 5.46. The molecule has 1 aromatic rings. The highest BCUT2D eigenvalue weighted by molar-refractivity contribution is 5.47. The maximum absolute atomic E-state index is 4.32. The highest BCUT2D eigenvalue weighted by atomic mass is 15.1. The highest BCUT2D eigenvalue weighted by Crippen LogP contribution is 2.30. The Morgan fingerprint density at radius 3 is 2.61 bits per heavy atom. The number of rotatable bonds is 5. The molecule has 0 aromatic carbocycles. The smallest absolute Gasteiger partial charge is 0.131 e. The predicted molar refractivity (Wildman–Crippen MR) is 75.9 cm³/mol. The van der Waals surface area contributed by atoms with Crippen LogP contribution in [-0.2, 0) is 0 Å². The second kappa shape index (κ2) is 6.03. The van der Waals surface area contributed by atoms with Crippen molar-refractivity contribution >= 4 is 11.6 Å². The largest absolute Gasteiger partial charge is 0.370 e. The summed E-state index contributed by atoms with van der Waals surface area (Å²) in [6, 6.07) is 2.01. The van der Waals surface area contributed by atoms with Crippen LogP contribution in [0.15, 0.2) is 12.4 Å². The summed E-state index contributed by atoms with van der Waals surface area (Å²) >= 11 is 0. The fourth-order valence-corrected chi connectivity index (χ4v) is 2.54. The van der Waals surface area contributed by atoms with Gasteiger partial charge in [-0.3, -0.25) is 0 Å². The maximum atomic E-state index is 4.32. The minimum absolute atomic E-state index is 0.203. The molecule has 1 aromatic heterocycles. The fraction of sp³-hybridized carbons (Fsp3) is 0.714. The number of anilines is 2. The molecule has 1 saturated carbocycles.